The summed E-state index contributed by atoms with van der Waals surface area (Å²) in [5.74, 6) is 2.07. The number of nitrogens with one attached hydrogen (secondary N) is 1. The second-order valence-electron chi connectivity index (χ2n) is 4.87. The third kappa shape index (κ3) is 3.18. The van der Waals surface area contributed by atoms with Crippen molar-refractivity contribution < 1.29 is 4.74 Å². The fourth-order valence-corrected chi connectivity index (χ4v) is 2.55. The normalized spacial score (nSPS) is 17.8. The molecule has 7 heteroatoms. The fourth-order valence-electron chi connectivity index (χ4n) is 2.55. The number of hydrogen-bond donors (Lipinski definition) is 1. The fraction of sp³-hybridized carbons (Fsp3) is 0.429. The van der Waals surface area contributed by atoms with Crippen LogP contribution in [0.2, 0.25) is 0 Å². The first-order valence-electron chi connectivity index (χ1n) is 7.02. The van der Waals surface area contributed by atoms with Crippen molar-refractivity contribution in [1.82, 2.24) is 20.2 Å². The number of methoxy groups -OCH3 is 1. The van der Waals surface area contributed by atoms with Gasteiger partial charge in [-0.05, 0) is 25.0 Å². The molecule has 21 heavy (non-hydrogen) atoms. The van der Waals surface area contributed by atoms with Crippen molar-refractivity contribution in [3.63, 3.8) is 0 Å². The SMILES string of the molecule is COc1ccnc(NCC2CCCN2c2cccnn2)n1. The quantitative estimate of drug-likeness (QED) is 0.889. The standard InChI is InChI=1S/C14H18N6O/c1-21-13-6-8-15-14(18-13)16-10-11-4-3-9-20(11)12-5-2-7-17-19-12/h2,5-8,11H,3-4,9-10H2,1H3,(H,15,16,18). The predicted octanol–water partition coefficient (Wildman–Crippen LogP) is 1.36. The van der Waals surface area contributed by atoms with Gasteiger partial charge in [0.05, 0.1) is 7.11 Å². The zero-order valence-electron chi connectivity index (χ0n) is 11.9. The van der Waals surface area contributed by atoms with Crippen LogP contribution in [0.5, 0.6) is 5.88 Å². The molecule has 7 nitrogen and oxygen atoms in total. The number of aromatic nitrogens is 4. The molecule has 3 heterocycles. The zero-order valence-corrected chi connectivity index (χ0v) is 11.9. The summed E-state index contributed by atoms with van der Waals surface area (Å²) in [6.07, 6.45) is 5.65. The Bertz CT molecular complexity index is 579. The summed E-state index contributed by atoms with van der Waals surface area (Å²) >= 11 is 0. The van der Waals surface area contributed by atoms with Crippen LogP contribution in [-0.4, -0.2) is 46.4 Å². The molecule has 1 atom stereocenters. The lowest BCUT2D eigenvalue weighted by molar-refractivity contribution is 0.397. The van der Waals surface area contributed by atoms with E-state index in [0.29, 0.717) is 17.9 Å². The molecule has 0 aromatic carbocycles. The van der Waals surface area contributed by atoms with Gasteiger partial charge in [0, 0.05) is 37.6 Å². The minimum Gasteiger partial charge on any atom is -0.481 e. The summed E-state index contributed by atoms with van der Waals surface area (Å²) in [6.45, 7) is 1.77. The van der Waals surface area contributed by atoms with Gasteiger partial charge in [0.25, 0.3) is 0 Å². The summed E-state index contributed by atoms with van der Waals surface area (Å²) in [5.41, 5.74) is 0. The Hall–Kier alpha value is -2.44. The van der Waals surface area contributed by atoms with Crippen LogP contribution in [0.25, 0.3) is 0 Å². The number of ether oxygens (including phenoxy) is 1. The maximum absolute atomic E-state index is 5.10. The van der Waals surface area contributed by atoms with Crippen LogP contribution in [0.4, 0.5) is 11.8 Å². The highest BCUT2D eigenvalue weighted by molar-refractivity contribution is 5.40. The first-order chi connectivity index (χ1) is 10.4. The molecule has 1 aliphatic rings. The lowest BCUT2D eigenvalue weighted by atomic mass is 10.2. The highest BCUT2D eigenvalue weighted by Gasteiger charge is 2.25. The van der Waals surface area contributed by atoms with Gasteiger partial charge in [0.15, 0.2) is 5.82 Å². The van der Waals surface area contributed by atoms with Crippen molar-refractivity contribution in [2.75, 3.05) is 30.4 Å². The van der Waals surface area contributed by atoms with Crippen molar-refractivity contribution >= 4 is 11.8 Å². The average Bonchev–Trinajstić information content (AvgIpc) is 3.02. The van der Waals surface area contributed by atoms with Gasteiger partial charge in [0.1, 0.15) is 0 Å². The van der Waals surface area contributed by atoms with E-state index in [2.05, 4.69) is 30.4 Å². The van der Waals surface area contributed by atoms with Crippen LogP contribution < -0.4 is 15.0 Å². The van der Waals surface area contributed by atoms with Crippen LogP contribution in [0.1, 0.15) is 12.8 Å². The van der Waals surface area contributed by atoms with E-state index in [9.17, 15) is 0 Å². The Labute approximate surface area is 123 Å². The lowest BCUT2D eigenvalue weighted by Crippen LogP contribution is -2.35. The van der Waals surface area contributed by atoms with E-state index in [1.807, 2.05) is 12.1 Å². The Kier molecular flexibility index (Phi) is 4.09. The molecule has 0 spiro atoms. The summed E-state index contributed by atoms with van der Waals surface area (Å²) in [4.78, 5) is 10.7. The monoisotopic (exact) mass is 286 g/mol. The molecule has 1 aliphatic heterocycles. The van der Waals surface area contributed by atoms with Gasteiger partial charge in [0.2, 0.25) is 11.8 Å². The highest BCUT2D eigenvalue weighted by Crippen LogP contribution is 2.23. The molecule has 0 radical (unpaired) electrons. The van der Waals surface area contributed by atoms with Crippen molar-refractivity contribution in [3.8, 4) is 5.88 Å². The third-order valence-corrected chi connectivity index (χ3v) is 3.56. The van der Waals surface area contributed by atoms with Crippen molar-refractivity contribution in [2.45, 2.75) is 18.9 Å². The molecular weight excluding hydrogens is 268 g/mol. The second kappa shape index (κ2) is 6.34. The van der Waals surface area contributed by atoms with Gasteiger partial charge in [-0.15, -0.1) is 5.10 Å². The van der Waals surface area contributed by atoms with Crippen molar-refractivity contribution in [2.24, 2.45) is 0 Å². The molecule has 1 N–H and O–H groups in total. The Morgan fingerprint density at radius 3 is 3.14 bits per heavy atom. The molecule has 1 saturated heterocycles. The van der Waals surface area contributed by atoms with Crippen LogP contribution in [0.3, 0.4) is 0 Å². The Balaban J connectivity index is 1.64. The number of nitrogens with zero attached hydrogens (tertiary/aromatic N) is 5. The third-order valence-electron chi connectivity index (χ3n) is 3.56. The van der Waals surface area contributed by atoms with Gasteiger partial charge in [-0.25, -0.2) is 4.98 Å². The first kappa shape index (κ1) is 13.5. The Morgan fingerprint density at radius 2 is 2.33 bits per heavy atom. The molecule has 0 bridgehead atoms. The molecule has 0 aliphatic carbocycles. The average molecular weight is 286 g/mol. The molecule has 2 aromatic heterocycles. The van der Waals surface area contributed by atoms with E-state index < -0.39 is 0 Å². The van der Waals surface area contributed by atoms with E-state index in [-0.39, 0.29) is 0 Å². The smallest absolute Gasteiger partial charge is 0.226 e. The second-order valence-corrected chi connectivity index (χ2v) is 4.87. The van der Waals surface area contributed by atoms with Crippen LogP contribution in [0.15, 0.2) is 30.6 Å². The predicted molar refractivity (Wildman–Crippen MR) is 79.5 cm³/mol. The highest BCUT2D eigenvalue weighted by atomic mass is 16.5. The molecule has 110 valence electrons. The van der Waals surface area contributed by atoms with E-state index in [0.717, 1.165) is 31.7 Å². The summed E-state index contributed by atoms with van der Waals surface area (Å²) in [5, 5.41) is 11.4. The molecule has 3 rings (SSSR count). The van der Waals surface area contributed by atoms with Gasteiger partial charge < -0.3 is 15.0 Å². The Morgan fingerprint density at radius 1 is 1.38 bits per heavy atom. The van der Waals surface area contributed by atoms with E-state index in [4.69, 9.17) is 4.74 Å². The van der Waals surface area contributed by atoms with Gasteiger partial charge >= 0.3 is 0 Å². The largest absolute Gasteiger partial charge is 0.481 e. The van der Waals surface area contributed by atoms with Gasteiger partial charge in [-0.1, -0.05) is 0 Å². The number of rotatable bonds is 5. The molecule has 1 fully saturated rings. The maximum atomic E-state index is 5.10. The van der Waals surface area contributed by atoms with Crippen LogP contribution in [-0.2, 0) is 0 Å². The minimum absolute atomic E-state index is 0.372. The minimum atomic E-state index is 0.372. The van der Waals surface area contributed by atoms with Crippen molar-refractivity contribution in [3.05, 3.63) is 30.6 Å². The lowest BCUT2D eigenvalue weighted by Gasteiger charge is -2.25. The number of anilines is 2. The van der Waals surface area contributed by atoms with E-state index >= 15 is 0 Å². The summed E-state index contributed by atoms with van der Waals surface area (Å²) in [6, 6.07) is 6.01. The maximum Gasteiger partial charge on any atom is 0.226 e. The van der Waals surface area contributed by atoms with Crippen LogP contribution in [0, 0.1) is 0 Å². The molecule has 0 amide bonds. The van der Waals surface area contributed by atoms with Crippen LogP contribution >= 0.6 is 0 Å². The number of hydrogen-bond acceptors (Lipinski definition) is 7. The van der Waals surface area contributed by atoms with E-state index in [1.54, 1.807) is 25.6 Å². The van der Waals surface area contributed by atoms with Crippen molar-refractivity contribution in [1.29, 1.82) is 0 Å². The van der Waals surface area contributed by atoms with Gasteiger partial charge in [-0.3, -0.25) is 0 Å². The van der Waals surface area contributed by atoms with E-state index in [1.165, 1.54) is 0 Å². The molecular formula is C14H18N6O. The van der Waals surface area contributed by atoms with Gasteiger partial charge in [-0.2, -0.15) is 10.1 Å². The summed E-state index contributed by atoms with van der Waals surface area (Å²) < 4.78 is 5.10. The zero-order chi connectivity index (χ0) is 14.5. The topological polar surface area (TPSA) is 76.1 Å². The first-order valence-corrected chi connectivity index (χ1v) is 7.02. The molecule has 0 saturated carbocycles. The molecule has 1 unspecified atom stereocenters. The molecule has 2 aromatic rings. The summed E-state index contributed by atoms with van der Waals surface area (Å²) in [7, 11) is 1.60.